The number of carbonyl (C=O) groups is 1. The van der Waals surface area contributed by atoms with Gasteiger partial charge in [-0.2, -0.15) is 5.10 Å². The maximum atomic E-state index is 12.7. The number of benzene rings is 1. The van der Waals surface area contributed by atoms with Crippen LogP contribution in [0, 0.1) is 6.92 Å². The van der Waals surface area contributed by atoms with Crippen molar-refractivity contribution in [3.63, 3.8) is 0 Å². The Morgan fingerprint density at radius 2 is 1.91 bits per heavy atom. The number of hydrogen-bond donors (Lipinski definition) is 0. The maximum absolute atomic E-state index is 12.7. The molecule has 22 heavy (non-hydrogen) atoms. The van der Waals surface area contributed by atoms with Gasteiger partial charge < -0.3 is 4.90 Å². The van der Waals surface area contributed by atoms with Gasteiger partial charge in [-0.15, -0.1) is 0 Å². The Morgan fingerprint density at radius 3 is 2.50 bits per heavy atom. The number of nitrogens with zero attached hydrogens (tertiary/aromatic N) is 3. The van der Waals surface area contributed by atoms with Gasteiger partial charge in [0.05, 0.1) is 0 Å². The third-order valence-electron chi connectivity index (χ3n) is 3.90. The SMILES string of the molecule is Cc1ccc(CN(C(=O)c2ccc(=O)n(C)n2)C2CC2)cc1. The number of aromatic nitrogens is 2. The van der Waals surface area contributed by atoms with Crippen molar-refractivity contribution in [1.82, 2.24) is 14.7 Å². The van der Waals surface area contributed by atoms with Crippen molar-refractivity contribution in [3.05, 3.63) is 63.6 Å². The highest BCUT2D eigenvalue weighted by Gasteiger charge is 2.33. The molecule has 0 saturated heterocycles. The van der Waals surface area contributed by atoms with E-state index in [-0.39, 0.29) is 17.5 Å². The summed E-state index contributed by atoms with van der Waals surface area (Å²) < 4.78 is 1.20. The minimum atomic E-state index is -0.215. The first-order chi connectivity index (χ1) is 10.5. The number of rotatable bonds is 4. The Morgan fingerprint density at radius 1 is 1.23 bits per heavy atom. The van der Waals surface area contributed by atoms with Gasteiger partial charge in [0.25, 0.3) is 11.5 Å². The molecule has 5 heteroatoms. The van der Waals surface area contributed by atoms with E-state index in [1.54, 1.807) is 7.05 Å². The van der Waals surface area contributed by atoms with Gasteiger partial charge in [0, 0.05) is 25.7 Å². The molecule has 1 saturated carbocycles. The molecule has 2 aromatic rings. The summed E-state index contributed by atoms with van der Waals surface area (Å²) in [6.07, 6.45) is 2.06. The molecule has 1 fully saturated rings. The third-order valence-corrected chi connectivity index (χ3v) is 3.90. The van der Waals surface area contributed by atoms with Crippen LogP contribution in [0.25, 0.3) is 0 Å². The van der Waals surface area contributed by atoms with Gasteiger partial charge in [-0.25, -0.2) is 4.68 Å². The van der Waals surface area contributed by atoms with E-state index in [1.807, 2.05) is 24.0 Å². The molecule has 0 atom stereocenters. The topological polar surface area (TPSA) is 55.2 Å². The average molecular weight is 297 g/mol. The van der Waals surface area contributed by atoms with Crippen molar-refractivity contribution in [3.8, 4) is 0 Å². The second-order valence-electron chi connectivity index (χ2n) is 5.83. The number of hydrogen-bond acceptors (Lipinski definition) is 3. The van der Waals surface area contributed by atoms with Crippen LogP contribution in [0.3, 0.4) is 0 Å². The molecular weight excluding hydrogens is 278 g/mol. The van der Waals surface area contributed by atoms with Gasteiger partial charge in [-0.1, -0.05) is 29.8 Å². The molecule has 0 N–H and O–H groups in total. The molecule has 1 heterocycles. The zero-order valence-corrected chi connectivity index (χ0v) is 12.8. The van der Waals surface area contributed by atoms with Crippen molar-refractivity contribution < 1.29 is 4.79 Å². The predicted octanol–water partition coefficient (Wildman–Crippen LogP) is 1.89. The summed E-state index contributed by atoms with van der Waals surface area (Å²) in [4.78, 5) is 26.0. The van der Waals surface area contributed by atoms with Crippen LogP contribution in [-0.4, -0.2) is 26.6 Å². The molecule has 1 aliphatic carbocycles. The van der Waals surface area contributed by atoms with Crippen molar-refractivity contribution in [2.24, 2.45) is 7.05 Å². The highest BCUT2D eigenvalue weighted by Crippen LogP contribution is 2.29. The average Bonchev–Trinajstić information content (AvgIpc) is 3.33. The van der Waals surface area contributed by atoms with Crippen LogP contribution in [0.5, 0.6) is 0 Å². The van der Waals surface area contributed by atoms with Gasteiger partial charge in [-0.05, 0) is 31.4 Å². The number of aryl methyl sites for hydroxylation is 2. The van der Waals surface area contributed by atoms with Crippen LogP contribution < -0.4 is 5.56 Å². The standard InChI is InChI=1S/C17H19N3O2/c1-12-3-5-13(6-4-12)11-20(14-7-8-14)17(22)15-9-10-16(21)19(2)18-15/h3-6,9-10,14H,7-8,11H2,1-2H3. The molecule has 0 unspecified atom stereocenters. The largest absolute Gasteiger partial charge is 0.330 e. The molecule has 5 nitrogen and oxygen atoms in total. The normalized spacial score (nSPS) is 13.9. The lowest BCUT2D eigenvalue weighted by atomic mass is 10.1. The van der Waals surface area contributed by atoms with E-state index in [4.69, 9.17) is 0 Å². The van der Waals surface area contributed by atoms with E-state index in [9.17, 15) is 9.59 Å². The van der Waals surface area contributed by atoms with Gasteiger partial charge >= 0.3 is 0 Å². The van der Waals surface area contributed by atoms with E-state index < -0.39 is 0 Å². The van der Waals surface area contributed by atoms with Gasteiger partial charge in [0.15, 0.2) is 0 Å². The first kappa shape index (κ1) is 14.5. The predicted molar refractivity (Wildman–Crippen MR) is 83.6 cm³/mol. The number of carbonyl (C=O) groups excluding carboxylic acids is 1. The van der Waals surface area contributed by atoms with Crippen LogP contribution in [0.15, 0.2) is 41.2 Å². The lowest BCUT2D eigenvalue weighted by molar-refractivity contribution is 0.0721. The quantitative estimate of drug-likeness (QED) is 0.866. The summed E-state index contributed by atoms with van der Waals surface area (Å²) in [5.74, 6) is -0.112. The third kappa shape index (κ3) is 3.08. The lowest BCUT2D eigenvalue weighted by Gasteiger charge is -2.22. The molecule has 0 spiro atoms. The monoisotopic (exact) mass is 297 g/mol. The minimum Gasteiger partial charge on any atom is -0.330 e. The molecule has 1 aromatic heterocycles. The fourth-order valence-corrected chi connectivity index (χ4v) is 2.41. The van der Waals surface area contributed by atoms with E-state index in [1.165, 1.54) is 22.4 Å². The zero-order chi connectivity index (χ0) is 15.7. The second kappa shape index (κ2) is 5.75. The van der Waals surface area contributed by atoms with Gasteiger partial charge in [-0.3, -0.25) is 9.59 Å². The summed E-state index contributed by atoms with van der Waals surface area (Å²) in [7, 11) is 1.56. The molecule has 114 valence electrons. The molecule has 0 bridgehead atoms. The first-order valence-corrected chi connectivity index (χ1v) is 7.45. The van der Waals surface area contributed by atoms with Gasteiger partial charge in [0.1, 0.15) is 5.69 Å². The summed E-state index contributed by atoms with van der Waals surface area (Å²) >= 11 is 0. The van der Waals surface area contributed by atoms with E-state index in [0.29, 0.717) is 12.2 Å². The molecule has 0 radical (unpaired) electrons. The fraction of sp³-hybridized carbons (Fsp3) is 0.353. The highest BCUT2D eigenvalue weighted by atomic mass is 16.2. The van der Waals surface area contributed by atoms with Crippen LogP contribution >= 0.6 is 0 Å². The Hall–Kier alpha value is -2.43. The first-order valence-electron chi connectivity index (χ1n) is 7.45. The van der Waals surface area contributed by atoms with Crippen molar-refractivity contribution in [1.29, 1.82) is 0 Å². The van der Waals surface area contributed by atoms with Crippen molar-refractivity contribution >= 4 is 5.91 Å². The van der Waals surface area contributed by atoms with Crippen LogP contribution in [0.4, 0.5) is 0 Å². The Kier molecular flexibility index (Phi) is 3.79. The zero-order valence-electron chi connectivity index (χ0n) is 12.8. The minimum absolute atomic E-state index is 0.112. The Labute approximate surface area is 129 Å². The summed E-state index contributed by atoms with van der Waals surface area (Å²) in [5, 5.41) is 4.07. The molecule has 1 aromatic carbocycles. The van der Waals surface area contributed by atoms with E-state index in [0.717, 1.165) is 18.4 Å². The van der Waals surface area contributed by atoms with E-state index in [2.05, 4.69) is 17.2 Å². The van der Waals surface area contributed by atoms with Crippen LogP contribution in [-0.2, 0) is 13.6 Å². The molecule has 1 aliphatic rings. The van der Waals surface area contributed by atoms with Crippen molar-refractivity contribution in [2.45, 2.75) is 32.4 Å². The molecule has 1 amide bonds. The maximum Gasteiger partial charge on any atom is 0.274 e. The summed E-state index contributed by atoms with van der Waals surface area (Å²) in [5.41, 5.74) is 2.41. The van der Waals surface area contributed by atoms with Gasteiger partial charge in [0.2, 0.25) is 0 Å². The Balaban J connectivity index is 1.84. The van der Waals surface area contributed by atoms with E-state index >= 15 is 0 Å². The number of amides is 1. The van der Waals surface area contributed by atoms with Crippen LogP contribution in [0.2, 0.25) is 0 Å². The van der Waals surface area contributed by atoms with Crippen LogP contribution in [0.1, 0.15) is 34.5 Å². The lowest BCUT2D eigenvalue weighted by Crippen LogP contribution is -2.34. The fourth-order valence-electron chi connectivity index (χ4n) is 2.41. The molecular formula is C17H19N3O2. The second-order valence-corrected chi connectivity index (χ2v) is 5.83. The smallest absolute Gasteiger partial charge is 0.274 e. The molecule has 0 aliphatic heterocycles. The summed E-state index contributed by atoms with van der Waals surface area (Å²) in [6, 6.07) is 11.4. The summed E-state index contributed by atoms with van der Waals surface area (Å²) in [6.45, 7) is 2.62. The van der Waals surface area contributed by atoms with Crippen molar-refractivity contribution in [2.75, 3.05) is 0 Å². The molecule has 3 rings (SSSR count). The Bertz CT molecular complexity index is 745. The highest BCUT2D eigenvalue weighted by molar-refractivity contribution is 5.92.